The van der Waals surface area contributed by atoms with Gasteiger partial charge < -0.3 is 10.3 Å². The molecule has 2 aromatic rings. The molecule has 2 aromatic heterocycles. The van der Waals surface area contributed by atoms with Gasteiger partial charge in [0.15, 0.2) is 0 Å². The summed E-state index contributed by atoms with van der Waals surface area (Å²) in [5.74, 6) is 5.51. The number of halogens is 1. The lowest BCUT2D eigenvalue weighted by molar-refractivity contribution is 0.0748. The quantitative estimate of drug-likeness (QED) is 0.658. The molecule has 1 amide bonds. The monoisotopic (exact) mass is 310 g/mol. The number of hydrazine groups is 1. The molecule has 0 aliphatic heterocycles. The molecule has 5 nitrogen and oxygen atoms in total. The zero-order valence-electron chi connectivity index (χ0n) is 11.0. The number of thiophene rings is 1. The van der Waals surface area contributed by atoms with Crippen LogP contribution in [-0.2, 0) is 6.54 Å². The number of carbonyl (C=O) groups excluding carboxylic acids is 1. The average Bonchev–Trinajstić information content (AvgIpc) is 2.97. The van der Waals surface area contributed by atoms with E-state index in [0.717, 1.165) is 4.88 Å². The standard InChI is InChI=1S/C13H15ClN4OS/c1-2-18(8-9-4-3-7-20-9)13(19)12-10(14)5-6-11(16-12)17-15/h3-7H,2,8,15H2,1H3,(H,16,17). The van der Waals surface area contributed by atoms with Crippen molar-refractivity contribution in [3.63, 3.8) is 0 Å². The first kappa shape index (κ1) is 14.8. The molecule has 2 rings (SSSR count). The molecule has 2 heterocycles. The van der Waals surface area contributed by atoms with Crippen molar-refractivity contribution >= 4 is 34.7 Å². The Morgan fingerprint density at radius 3 is 2.90 bits per heavy atom. The van der Waals surface area contributed by atoms with Gasteiger partial charge in [-0.3, -0.25) is 4.79 Å². The predicted molar refractivity (Wildman–Crippen MR) is 81.8 cm³/mol. The minimum Gasteiger partial charge on any atom is -0.332 e. The molecule has 7 heteroatoms. The fourth-order valence-electron chi connectivity index (χ4n) is 1.74. The number of hydrogen-bond acceptors (Lipinski definition) is 5. The van der Waals surface area contributed by atoms with Crippen LogP contribution in [0.1, 0.15) is 22.3 Å². The summed E-state index contributed by atoms with van der Waals surface area (Å²) >= 11 is 7.67. The number of pyridine rings is 1. The van der Waals surface area contributed by atoms with Crippen LogP contribution in [0.3, 0.4) is 0 Å². The zero-order valence-corrected chi connectivity index (χ0v) is 12.5. The molecular weight excluding hydrogens is 296 g/mol. The number of nitrogen functional groups attached to an aromatic ring is 1. The number of nitrogens with zero attached hydrogens (tertiary/aromatic N) is 2. The number of amides is 1. The highest BCUT2D eigenvalue weighted by Crippen LogP contribution is 2.20. The summed E-state index contributed by atoms with van der Waals surface area (Å²) in [7, 11) is 0. The van der Waals surface area contributed by atoms with Crippen molar-refractivity contribution in [2.45, 2.75) is 13.5 Å². The molecule has 0 saturated carbocycles. The molecule has 0 aliphatic carbocycles. The maximum absolute atomic E-state index is 12.5. The Balaban J connectivity index is 2.23. The first-order valence-corrected chi connectivity index (χ1v) is 7.36. The van der Waals surface area contributed by atoms with Crippen molar-refractivity contribution in [1.82, 2.24) is 9.88 Å². The summed E-state index contributed by atoms with van der Waals surface area (Å²) in [6.45, 7) is 3.05. The number of nitrogens with one attached hydrogen (secondary N) is 1. The normalized spacial score (nSPS) is 10.3. The van der Waals surface area contributed by atoms with E-state index in [0.29, 0.717) is 23.9 Å². The minimum absolute atomic E-state index is 0.206. The van der Waals surface area contributed by atoms with Gasteiger partial charge in [-0.1, -0.05) is 17.7 Å². The third kappa shape index (κ3) is 3.27. The van der Waals surface area contributed by atoms with E-state index < -0.39 is 0 Å². The third-order valence-corrected chi connectivity index (χ3v) is 3.96. The summed E-state index contributed by atoms with van der Waals surface area (Å²) in [5.41, 5.74) is 2.62. The van der Waals surface area contributed by atoms with Crippen LogP contribution >= 0.6 is 22.9 Å². The van der Waals surface area contributed by atoms with Gasteiger partial charge >= 0.3 is 0 Å². The number of hydrogen-bond donors (Lipinski definition) is 2. The van der Waals surface area contributed by atoms with Gasteiger partial charge in [0.2, 0.25) is 0 Å². The van der Waals surface area contributed by atoms with Crippen LogP contribution in [-0.4, -0.2) is 22.3 Å². The Hall–Kier alpha value is -1.63. The SMILES string of the molecule is CCN(Cc1cccs1)C(=O)c1nc(NN)ccc1Cl. The predicted octanol–water partition coefficient (Wildman–Crippen LogP) is 2.74. The largest absolute Gasteiger partial charge is 0.332 e. The Morgan fingerprint density at radius 1 is 1.50 bits per heavy atom. The van der Waals surface area contributed by atoms with Gasteiger partial charge in [0, 0.05) is 11.4 Å². The number of aromatic nitrogens is 1. The van der Waals surface area contributed by atoms with Crippen LogP contribution in [0.5, 0.6) is 0 Å². The Morgan fingerprint density at radius 2 is 2.30 bits per heavy atom. The molecule has 0 fully saturated rings. The van der Waals surface area contributed by atoms with Gasteiger partial charge in [-0.2, -0.15) is 0 Å². The second kappa shape index (κ2) is 6.69. The molecular formula is C13H15ClN4OS. The average molecular weight is 311 g/mol. The van der Waals surface area contributed by atoms with E-state index in [4.69, 9.17) is 17.4 Å². The Labute approximate surface area is 126 Å². The van der Waals surface area contributed by atoms with E-state index in [9.17, 15) is 4.79 Å². The summed E-state index contributed by atoms with van der Waals surface area (Å²) in [6.07, 6.45) is 0. The van der Waals surface area contributed by atoms with Crippen molar-refractivity contribution in [1.29, 1.82) is 0 Å². The van der Waals surface area contributed by atoms with Crippen LogP contribution < -0.4 is 11.3 Å². The van der Waals surface area contributed by atoms with Crippen LogP contribution in [0.25, 0.3) is 0 Å². The minimum atomic E-state index is -0.206. The number of rotatable bonds is 5. The molecule has 106 valence electrons. The number of carbonyl (C=O) groups is 1. The Kier molecular flexibility index (Phi) is 4.94. The van der Waals surface area contributed by atoms with Gasteiger partial charge in [0.1, 0.15) is 11.5 Å². The van der Waals surface area contributed by atoms with E-state index in [1.807, 2.05) is 24.4 Å². The van der Waals surface area contributed by atoms with Gasteiger partial charge in [-0.25, -0.2) is 10.8 Å². The number of anilines is 1. The maximum Gasteiger partial charge on any atom is 0.274 e. The molecule has 0 unspecified atom stereocenters. The van der Waals surface area contributed by atoms with Gasteiger partial charge in [0.05, 0.1) is 11.6 Å². The van der Waals surface area contributed by atoms with Crippen molar-refractivity contribution < 1.29 is 4.79 Å². The van der Waals surface area contributed by atoms with Crippen molar-refractivity contribution in [3.05, 3.63) is 45.2 Å². The molecule has 0 aliphatic rings. The highest BCUT2D eigenvalue weighted by atomic mass is 35.5. The topological polar surface area (TPSA) is 71.2 Å². The summed E-state index contributed by atoms with van der Waals surface area (Å²) in [4.78, 5) is 19.4. The fourth-order valence-corrected chi connectivity index (χ4v) is 2.65. The molecule has 0 radical (unpaired) electrons. The second-order valence-electron chi connectivity index (χ2n) is 4.07. The Bertz CT molecular complexity index is 588. The summed E-state index contributed by atoms with van der Waals surface area (Å²) in [5, 5.41) is 2.30. The van der Waals surface area contributed by atoms with Crippen molar-refractivity contribution in [2.24, 2.45) is 5.84 Å². The first-order valence-electron chi connectivity index (χ1n) is 6.10. The zero-order chi connectivity index (χ0) is 14.5. The second-order valence-corrected chi connectivity index (χ2v) is 5.51. The van der Waals surface area contributed by atoms with Crippen molar-refractivity contribution in [3.8, 4) is 0 Å². The molecule has 0 spiro atoms. The highest BCUT2D eigenvalue weighted by Gasteiger charge is 2.19. The van der Waals surface area contributed by atoms with E-state index >= 15 is 0 Å². The molecule has 0 bridgehead atoms. The maximum atomic E-state index is 12.5. The third-order valence-electron chi connectivity index (χ3n) is 2.79. The van der Waals surface area contributed by atoms with Crippen molar-refractivity contribution in [2.75, 3.05) is 12.0 Å². The van der Waals surface area contributed by atoms with E-state index in [1.54, 1.807) is 28.4 Å². The van der Waals surface area contributed by atoms with E-state index in [2.05, 4.69) is 10.4 Å². The summed E-state index contributed by atoms with van der Waals surface area (Å²) < 4.78 is 0. The molecule has 20 heavy (non-hydrogen) atoms. The van der Waals surface area contributed by atoms with Crippen LogP contribution in [0.15, 0.2) is 29.6 Å². The molecule has 0 aromatic carbocycles. The van der Waals surface area contributed by atoms with Crippen LogP contribution in [0.4, 0.5) is 5.82 Å². The molecule has 0 saturated heterocycles. The summed E-state index contributed by atoms with van der Waals surface area (Å²) in [6, 6.07) is 7.18. The molecule has 3 N–H and O–H groups in total. The lowest BCUT2D eigenvalue weighted by Crippen LogP contribution is -2.31. The lowest BCUT2D eigenvalue weighted by atomic mass is 10.3. The number of nitrogens with two attached hydrogens (primary N) is 1. The van der Waals surface area contributed by atoms with Gasteiger partial charge in [-0.15, -0.1) is 11.3 Å². The van der Waals surface area contributed by atoms with E-state index in [1.165, 1.54) is 0 Å². The van der Waals surface area contributed by atoms with E-state index in [-0.39, 0.29) is 11.6 Å². The first-order chi connectivity index (χ1) is 9.65. The fraction of sp³-hybridized carbons (Fsp3) is 0.231. The smallest absolute Gasteiger partial charge is 0.274 e. The highest BCUT2D eigenvalue weighted by molar-refractivity contribution is 7.09. The van der Waals surface area contributed by atoms with Gasteiger partial charge in [-0.05, 0) is 30.5 Å². The molecule has 0 atom stereocenters. The van der Waals surface area contributed by atoms with Crippen LogP contribution in [0, 0.1) is 0 Å². The van der Waals surface area contributed by atoms with Gasteiger partial charge in [0.25, 0.3) is 5.91 Å². The lowest BCUT2D eigenvalue weighted by Gasteiger charge is -2.20. The van der Waals surface area contributed by atoms with Crippen LogP contribution in [0.2, 0.25) is 5.02 Å².